The number of ether oxygens (including phenoxy) is 1. The zero-order valence-electron chi connectivity index (χ0n) is 17.7. The minimum atomic E-state index is -0.0861. The van der Waals surface area contributed by atoms with Gasteiger partial charge in [0.1, 0.15) is 11.4 Å². The Labute approximate surface area is 167 Å². The quantitative estimate of drug-likeness (QED) is 0.599. The van der Waals surface area contributed by atoms with Gasteiger partial charge in [-0.1, -0.05) is 32.9 Å². The molecule has 0 aliphatic heterocycles. The molecule has 0 aliphatic carbocycles. The number of benzene rings is 2. The Bertz CT molecular complexity index is 992. The molecule has 1 aromatic heterocycles. The van der Waals surface area contributed by atoms with Crippen LogP contribution in [0.4, 0.5) is 5.69 Å². The van der Waals surface area contributed by atoms with Gasteiger partial charge in [-0.25, -0.2) is 0 Å². The van der Waals surface area contributed by atoms with Crippen LogP contribution in [-0.2, 0) is 12.0 Å². The molecule has 0 atom stereocenters. The van der Waals surface area contributed by atoms with Crippen LogP contribution in [0.3, 0.4) is 0 Å². The van der Waals surface area contributed by atoms with E-state index in [1.807, 2.05) is 44.2 Å². The summed E-state index contributed by atoms with van der Waals surface area (Å²) in [5.41, 5.74) is 4.87. The van der Waals surface area contributed by atoms with Crippen molar-refractivity contribution in [1.82, 2.24) is 4.57 Å². The van der Waals surface area contributed by atoms with Crippen LogP contribution < -0.4 is 10.1 Å². The van der Waals surface area contributed by atoms with E-state index in [1.165, 1.54) is 5.56 Å². The van der Waals surface area contributed by atoms with Gasteiger partial charge in [-0.05, 0) is 67.6 Å². The molecule has 0 saturated heterocycles. The van der Waals surface area contributed by atoms with Crippen molar-refractivity contribution in [3.05, 3.63) is 59.3 Å². The van der Waals surface area contributed by atoms with Gasteiger partial charge in [-0.3, -0.25) is 4.79 Å². The molecule has 4 heteroatoms. The maximum Gasteiger partial charge on any atom is 0.272 e. The van der Waals surface area contributed by atoms with Crippen LogP contribution in [0.5, 0.6) is 5.75 Å². The van der Waals surface area contributed by atoms with Crippen molar-refractivity contribution in [2.24, 2.45) is 0 Å². The molecule has 3 rings (SSSR count). The molecule has 0 aliphatic rings. The summed E-state index contributed by atoms with van der Waals surface area (Å²) >= 11 is 0. The van der Waals surface area contributed by atoms with E-state index in [2.05, 4.69) is 49.7 Å². The largest absolute Gasteiger partial charge is 0.494 e. The van der Waals surface area contributed by atoms with Gasteiger partial charge < -0.3 is 14.6 Å². The Morgan fingerprint density at radius 1 is 1.07 bits per heavy atom. The predicted octanol–water partition coefficient (Wildman–Crippen LogP) is 5.92. The SMILES string of the molecule is CCOc1ccc2c(c1)c(C)c(C(=O)Nc1ccc(C(C)(C)C)cc1)n2CC. The van der Waals surface area contributed by atoms with Crippen LogP contribution in [-0.4, -0.2) is 17.1 Å². The number of aromatic nitrogens is 1. The number of aryl methyl sites for hydroxylation is 2. The average molecular weight is 379 g/mol. The lowest BCUT2D eigenvalue weighted by atomic mass is 9.87. The third-order valence-electron chi connectivity index (χ3n) is 5.14. The monoisotopic (exact) mass is 378 g/mol. The van der Waals surface area contributed by atoms with Crippen LogP contribution in [0, 0.1) is 6.92 Å². The summed E-state index contributed by atoms with van der Waals surface area (Å²) < 4.78 is 7.71. The molecule has 1 amide bonds. The van der Waals surface area contributed by atoms with Gasteiger partial charge >= 0.3 is 0 Å². The van der Waals surface area contributed by atoms with Gasteiger partial charge in [0.15, 0.2) is 0 Å². The molecular formula is C24H30N2O2. The van der Waals surface area contributed by atoms with Crippen molar-refractivity contribution in [3.63, 3.8) is 0 Å². The minimum absolute atomic E-state index is 0.0861. The zero-order valence-corrected chi connectivity index (χ0v) is 17.7. The van der Waals surface area contributed by atoms with Crippen LogP contribution in [0.2, 0.25) is 0 Å². The molecule has 0 spiro atoms. The molecular weight excluding hydrogens is 348 g/mol. The summed E-state index contributed by atoms with van der Waals surface area (Å²) in [6.07, 6.45) is 0. The molecule has 0 unspecified atom stereocenters. The molecule has 0 fully saturated rings. The first kappa shape index (κ1) is 20.0. The maximum atomic E-state index is 13.1. The van der Waals surface area contributed by atoms with Gasteiger partial charge in [0, 0.05) is 23.1 Å². The summed E-state index contributed by atoms with van der Waals surface area (Å²) in [6, 6.07) is 14.1. The highest BCUT2D eigenvalue weighted by Crippen LogP contribution is 2.30. The lowest BCUT2D eigenvalue weighted by Gasteiger charge is -2.19. The van der Waals surface area contributed by atoms with Crippen molar-refractivity contribution < 1.29 is 9.53 Å². The van der Waals surface area contributed by atoms with Crippen LogP contribution >= 0.6 is 0 Å². The maximum absolute atomic E-state index is 13.1. The summed E-state index contributed by atoms with van der Waals surface area (Å²) in [4.78, 5) is 13.1. The molecule has 0 radical (unpaired) electrons. The highest BCUT2D eigenvalue weighted by molar-refractivity contribution is 6.08. The minimum Gasteiger partial charge on any atom is -0.494 e. The molecule has 1 heterocycles. The van der Waals surface area contributed by atoms with E-state index in [4.69, 9.17) is 4.74 Å². The molecule has 1 N–H and O–H groups in total. The Kier molecular flexibility index (Phi) is 5.50. The molecule has 148 valence electrons. The van der Waals surface area contributed by atoms with E-state index in [0.29, 0.717) is 12.3 Å². The molecule has 0 bridgehead atoms. The first-order valence-corrected chi connectivity index (χ1v) is 9.93. The van der Waals surface area contributed by atoms with Gasteiger partial charge in [0.2, 0.25) is 0 Å². The third-order valence-corrected chi connectivity index (χ3v) is 5.14. The molecule has 28 heavy (non-hydrogen) atoms. The van der Waals surface area contributed by atoms with Crippen molar-refractivity contribution in [2.45, 2.75) is 53.5 Å². The topological polar surface area (TPSA) is 43.3 Å². The first-order valence-electron chi connectivity index (χ1n) is 9.93. The zero-order chi connectivity index (χ0) is 20.5. The van der Waals surface area contributed by atoms with Crippen molar-refractivity contribution in [3.8, 4) is 5.75 Å². The Morgan fingerprint density at radius 2 is 1.75 bits per heavy atom. The number of anilines is 1. The highest BCUT2D eigenvalue weighted by Gasteiger charge is 2.20. The second-order valence-electron chi connectivity index (χ2n) is 8.11. The van der Waals surface area contributed by atoms with E-state index in [9.17, 15) is 4.79 Å². The number of hydrogen-bond donors (Lipinski definition) is 1. The fourth-order valence-electron chi connectivity index (χ4n) is 3.62. The fourth-order valence-corrected chi connectivity index (χ4v) is 3.62. The Balaban J connectivity index is 1.95. The van der Waals surface area contributed by atoms with E-state index in [-0.39, 0.29) is 11.3 Å². The highest BCUT2D eigenvalue weighted by atomic mass is 16.5. The number of nitrogens with zero attached hydrogens (tertiary/aromatic N) is 1. The summed E-state index contributed by atoms with van der Waals surface area (Å²) in [5, 5.41) is 4.12. The Morgan fingerprint density at radius 3 is 2.32 bits per heavy atom. The van der Waals surface area contributed by atoms with Crippen LogP contribution in [0.25, 0.3) is 10.9 Å². The first-order chi connectivity index (χ1) is 13.3. The molecule has 2 aromatic carbocycles. The second-order valence-corrected chi connectivity index (χ2v) is 8.11. The number of amides is 1. The predicted molar refractivity (Wildman–Crippen MR) is 117 cm³/mol. The summed E-state index contributed by atoms with van der Waals surface area (Å²) in [7, 11) is 0. The molecule has 3 aromatic rings. The third kappa shape index (κ3) is 3.77. The number of nitrogens with one attached hydrogen (secondary N) is 1. The number of fused-ring (bicyclic) bond motifs is 1. The lowest BCUT2D eigenvalue weighted by Crippen LogP contribution is -2.18. The van der Waals surface area contributed by atoms with E-state index < -0.39 is 0 Å². The van der Waals surface area contributed by atoms with Gasteiger partial charge in [0.25, 0.3) is 5.91 Å². The number of hydrogen-bond acceptors (Lipinski definition) is 2. The van der Waals surface area contributed by atoms with Crippen molar-refractivity contribution in [2.75, 3.05) is 11.9 Å². The van der Waals surface area contributed by atoms with Gasteiger partial charge in [0.05, 0.1) is 6.61 Å². The number of carbonyl (C=O) groups excluding carboxylic acids is 1. The Hall–Kier alpha value is -2.75. The van der Waals surface area contributed by atoms with Crippen LogP contribution in [0.1, 0.15) is 56.2 Å². The van der Waals surface area contributed by atoms with E-state index >= 15 is 0 Å². The van der Waals surface area contributed by atoms with Gasteiger partial charge in [-0.2, -0.15) is 0 Å². The number of carbonyl (C=O) groups is 1. The van der Waals surface area contributed by atoms with Crippen molar-refractivity contribution >= 4 is 22.5 Å². The molecule has 0 saturated carbocycles. The smallest absolute Gasteiger partial charge is 0.272 e. The number of rotatable bonds is 5. The fraction of sp³-hybridized carbons (Fsp3) is 0.375. The van der Waals surface area contributed by atoms with Gasteiger partial charge in [-0.15, -0.1) is 0 Å². The summed E-state index contributed by atoms with van der Waals surface area (Å²) in [5.74, 6) is 0.744. The van der Waals surface area contributed by atoms with E-state index in [1.54, 1.807) is 0 Å². The molecule has 4 nitrogen and oxygen atoms in total. The van der Waals surface area contributed by atoms with Crippen LogP contribution in [0.15, 0.2) is 42.5 Å². The summed E-state index contributed by atoms with van der Waals surface area (Å²) in [6.45, 7) is 13.9. The average Bonchev–Trinajstić information content (AvgIpc) is 2.93. The standard InChI is InChI=1S/C24H30N2O2/c1-7-26-21-14-13-19(28-8-2)15-20(21)16(3)22(26)23(27)25-18-11-9-17(10-12-18)24(4,5)6/h9-15H,7-8H2,1-6H3,(H,25,27). The lowest BCUT2D eigenvalue weighted by molar-refractivity contribution is 0.101. The van der Waals surface area contributed by atoms with Crippen molar-refractivity contribution in [1.29, 1.82) is 0 Å². The van der Waals surface area contributed by atoms with E-state index in [0.717, 1.165) is 34.4 Å². The normalized spacial score (nSPS) is 11.6. The second kappa shape index (κ2) is 7.70.